The van der Waals surface area contributed by atoms with Gasteiger partial charge in [0.25, 0.3) is 20.2 Å². The number of anilines is 1. The number of nitrogens with zero attached hydrogens (tertiary/aromatic N) is 1. The van der Waals surface area contributed by atoms with Crippen LogP contribution in [0.25, 0.3) is 0 Å². The Morgan fingerprint density at radius 2 is 1.75 bits per heavy atom. The van der Waals surface area contributed by atoms with Crippen LogP contribution in [0.1, 0.15) is 45.4 Å². The lowest BCUT2D eigenvalue weighted by molar-refractivity contribution is 0.477. The van der Waals surface area contributed by atoms with Gasteiger partial charge in [0.05, 0.1) is 22.2 Å². The molecule has 0 bridgehead atoms. The Balaban J connectivity index is 1.59. The van der Waals surface area contributed by atoms with E-state index in [4.69, 9.17) is 20.7 Å². The first kappa shape index (κ1) is 31.5. The van der Waals surface area contributed by atoms with Gasteiger partial charge >= 0.3 is 0 Å². The van der Waals surface area contributed by atoms with Crippen LogP contribution in [0.5, 0.6) is 0 Å². The van der Waals surface area contributed by atoms with Crippen molar-refractivity contribution >= 4 is 61.0 Å². The molecule has 0 aromatic heterocycles. The normalized spacial score (nSPS) is 22.2. The molecule has 7 nitrogen and oxygen atoms in total. The van der Waals surface area contributed by atoms with Crippen molar-refractivity contribution in [3.63, 3.8) is 0 Å². The highest BCUT2D eigenvalue weighted by molar-refractivity contribution is 8.04. The number of allylic oxidation sites excluding steroid dienone is 7. The number of para-hydroxylation sites is 1. The summed E-state index contributed by atoms with van der Waals surface area (Å²) in [7, 11) is -7.96. The molecular weight excluding hydrogens is 610 g/mol. The molecule has 218 valence electrons. The maximum Gasteiger partial charge on any atom is 0.264 e. The van der Waals surface area contributed by atoms with Crippen LogP contribution in [0.2, 0.25) is 0 Å². The van der Waals surface area contributed by atoms with E-state index < -0.39 is 20.2 Å². The Hall–Kier alpha value is -1.47. The Labute approximate surface area is 251 Å². The standard InChI is InChI=1S/C28H34ClNO6S4/c1-2-20(18-28-30(14-6-8-16-40(34,35)36)24-10-3-4-11-26(24)38-28)17-27-22(9-5-7-15-39(31,32)33)23-19-21(29)12-13-25(23)37-27/h3-4,10-13,17-19,23,25H,2,5-9,14-16H2,1H3,(H,31,32,33)(H,34,35,36)/b20-17+,28-18-. The molecule has 0 amide bonds. The number of thioether (sulfide) groups is 2. The van der Waals surface area contributed by atoms with Crippen molar-refractivity contribution in [1.82, 2.24) is 0 Å². The van der Waals surface area contributed by atoms with Gasteiger partial charge in [-0.3, -0.25) is 9.11 Å². The van der Waals surface area contributed by atoms with E-state index in [0.29, 0.717) is 37.3 Å². The summed E-state index contributed by atoms with van der Waals surface area (Å²) in [5, 5.41) is 2.00. The lowest BCUT2D eigenvalue weighted by Crippen LogP contribution is -2.20. The summed E-state index contributed by atoms with van der Waals surface area (Å²) in [6.07, 6.45) is 14.1. The van der Waals surface area contributed by atoms with E-state index in [1.165, 1.54) is 10.5 Å². The fourth-order valence-electron chi connectivity index (χ4n) is 4.96. The fraction of sp³-hybridized carbons (Fsp3) is 0.429. The number of unbranched alkanes of at least 4 members (excludes halogenated alkanes) is 2. The molecule has 2 unspecified atom stereocenters. The van der Waals surface area contributed by atoms with Crippen LogP contribution in [0.15, 0.2) is 85.7 Å². The average molecular weight is 644 g/mol. The van der Waals surface area contributed by atoms with Crippen molar-refractivity contribution in [2.24, 2.45) is 5.92 Å². The molecule has 2 aliphatic heterocycles. The second-order valence-corrected chi connectivity index (χ2v) is 15.8. The lowest BCUT2D eigenvalue weighted by atomic mass is 9.88. The first-order valence-electron chi connectivity index (χ1n) is 13.3. The third-order valence-electron chi connectivity index (χ3n) is 6.92. The van der Waals surface area contributed by atoms with E-state index in [1.54, 1.807) is 23.5 Å². The Morgan fingerprint density at radius 3 is 2.45 bits per heavy atom. The van der Waals surface area contributed by atoms with Gasteiger partial charge in [-0.25, -0.2) is 0 Å². The number of hydrogen-bond donors (Lipinski definition) is 2. The van der Waals surface area contributed by atoms with Crippen LogP contribution in [-0.2, 0) is 20.2 Å². The largest absolute Gasteiger partial charge is 0.335 e. The quantitative estimate of drug-likeness (QED) is 0.170. The highest BCUT2D eigenvalue weighted by Gasteiger charge is 2.33. The van der Waals surface area contributed by atoms with Gasteiger partial charge in [-0.05, 0) is 80.0 Å². The molecule has 12 heteroatoms. The number of hydrogen-bond acceptors (Lipinski definition) is 7. The Bertz CT molecular complexity index is 1480. The molecule has 0 radical (unpaired) electrons. The van der Waals surface area contributed by atoms with Crippen LogP contribution in [0, 0.1) is 5.92 Å². The van der Waals surface area contributed by atoms with Crippen molar-refractivity contribution in [3.8, 4) is 0 Å². The summed E-state index contributed by atoms with van der Waals surface area (Å²) in [5.41, 5.74) is 3.47. The second-order valence-electron chi connectivity index (χ2n) is 9.92. The molecule has 4 rings (SSSR count). The van der Waals surface area contributed by atoms with Crippen LogP contribution in [0.3, 0.4) is 0 Å². The monoisotopic (exact) mass is 643 g/mol. The van der Waals surface area contributed by atoms with Crippen LogP contribution >= 0.6 is 35.1 Å². The molecule has 0 saturated carbocycles. The van der Waals surface area contributed by atoms with E-state index >= 15 is 0 Å². The first-order valence-corrected chi connectivity index (χ1v) is 18.5. The zero-order valence-corrected chi connectivity index (χ0v) is 26.2. The number of halogens is 1. The van der Waals surface area contributed by atoms with Gasteiger partial charge in [0.1, 0.15) is 0 Å². The number of benzene rings is 1. The number of fused-ring (bicyclic) bond motifs is 2. The molecular formula is C28H34ClNO6S4. The zero-order valence-electron chi connectivity index (χ0n) is 22.2. The van der Waals surface area contributed by atoms with Crippen LogP contribution in [-0.4, -0.2) is 49.2 Å². The van der Waals surface area contributed by atoms with E-state index in [2.05, 4.69) is 48.3 Å². The summed E-state index contributed by atoms with van der Waals surface area (Å²) in [5.74, 6) is -0.342. The highest BCUT2D eigenvalue weighted by Crippen LogP contribution is 2.50. The maximum atomic E-state index is 11.2. The van der Waals surface area contributed by atoms with Gasteiger partial charge in [-0.2, -0.15) is 16.8 Å². The fourth-order valence-corrected chi connectivity index (χ4v) is 8.92. The van der Waals surface area contributed by atoms with E-state index in [1.807, 2.05) is 18.2 Å². The molecule has 2 N–H and O–H groups in total. The van der Waals surface area contributed by atoms with Gasteiger partial charge in [0.2, 0.25) is 0 Å². The average Bonchev–Trinajstić information content (AvgIpc) is 3.39. The molecule has 3 aliphatic rings. The van der Waals surface area contributed by atoms with Crippen molar-refractivity contribution in [2.45, 2.75) is 55.6 Å². The molecule has 2 atom stereocenters. The SMILES string of the molecule is CCC(/C=C1\Sc2ccccc2N1CCCCS(=O)(=O)O)=C\C1=C(CCCCS(=O)(=O)O)C2C=C(Cl)C=CC2S1. The summed E-state index contributed by atoms with van der Waals surface area (Å²) >= 11 is 9.83. The smallest absolute Gasteiger partial charge is 0.264 e. The van der Waals surface area contributed by atoms with Crippen molar-refractivity contribution in [3.05, 3.63) is 80.8 Å². The third-order valence-corrected chi connectivity index (χ3v) is 11.3. The third kappa shape index (κ3) is 8.77. The number of rotatable bonds is 13. The molecule has 0 fully saturated rings. The second kappa shape index (κ2) is 13.7. The lowest BCUT2D eigenvalue weighted by Gasteiger charge is -2.21. The summed E-state index contributed by atoms with van der Waals surface area (Å²) in [6, 6.07) is 8.14. The van der Waals surface area contributed by atoms with E-state index in [9.17, 15) is 16.8 Å². The molecule has 0 saturated heterocycles. The molecule has 2 heterocycles. The minimum absolute atomic E-state index is 0.148. The van der Waals surface area contributed by atoms with Crippen molar-refractivity contribution in [2.75, 3.05) is 23.0 Å². The summed E-state index contributed by atoms with van der Waals surface area (Å²) in [4.78, 5) is 4.53. The van der Waals surface area contributed by atoms with Crippen LogP contribution < -0.4 is 4.90 Å². The van der Waals surface area contributed by atoms with Gasteiger partial charge in [-0.1, -0.05) is 54.6 Å². The molecule has 1 aliphatic carbocycles. The predicted octanol–water partition coefficient (Wildman–Crippen LogP) is 7.18. The first-order chi connectivity index (χ1) is 18.9. The van der Waals surface area contributed by atoms with Gasteiger partial charge in [-0.15, -0.1) is 11.8 Å². The van der Waals surface area contributed by atoms with E-state index in [-0.39, 0.29) is 22.7 Å². The van der Waals surface area contributed by atoms with Crippen LogP contribution in [0.4, 0.5) is 5.69 Å². The van der Waals surface area contributed by atoms with Gasteiger partial charge in [0.15, 0.2) is 0 Å². The molecule has 1 aromatic rings. The van der Waals surface area contributed by atoms with Gasteiger partial charge < -0.3 is 4.90 Å². The minimum Gasteiger partial charge on any atom is -0.335 e. The summed E-state index contributed by atoms with van der Waals surface area (Å²) in [6.45, 7) is 2.75. The van der Waals surface area contributed by atoms with Crippen molar-refractivity contribution < 1.29 is 25.9 Å². The Kier molecular flexibility index (Phi) is 10.8. The highest BCUT2D eigenvalue weighted by atomic mass is 35.5. The predicted molar refractivity (Wildman–Crippen MR) is 167 cm³/mol. The summed E-state index contributed by atoms with van der Waals surface area (Å²) < 4.78 is 62.9. The molecule has 1 aromatic carbocycles. The minimum atomic E-state index is -3.98. The zero-order chi connectivity index (χ0) is 28.9. The van der Waals surface area contributed by atoms with Crippen molar-refractivity contribution in [1.29, 1.82) is 0 Å². The van der Waals surface area contributed by atoms with Gasteiger partial charge in [0, 0.05) is 32.5 Å². The topological polar surface area (TPSA) is 112 Å². The Morgan fingerprint density at radius 1 is 1.05 bits per heavy atom. The van der Waals surface area contributed by atoms with E-state index in [0.717, 1.165) is 34.0 Å². The molecule has 40 heavy (non-hydrogen) atoms. The molecule has 0 spiro atoms. The maximum absolute atomic E-state index is 11.2.